The first kappa shape index (κ1) is 13.4. The first-order chi connectivity index (χ1) is 8.97. The molecule has 1 heterocycles. The van der Waals surface area contributed by atoms with Crippen molar-refractivity contribution < 1.29 is 19.4 Å². The Morgan fingerprint density at radius 2 is 1.89 bits per heavy atom. The van der Waals surface area contributed by atoms with E-state index in [0.29, 0.717) is 5.75 Å². The van der Waals surface area contributed by atoms with Gasteiger partial charge in [-0.15, -0.1) is 0 Å². The standard InChI is InChI=1S/C14H17NO4/c1-9-3-5-12(6-4-9)19-10(2)13(16)15-7-11(8-15)14(17)18/h3-6,10-11H,7-8H2,1-2H3,(H,17,18). The highest BCUT2D eigenvalue weighted by Crippen LogP contribution is 2.19. The number of benzene rings is 1. The van der Waals surface area contributed by atoms with Crippen molar-refractivity contribution in [2.45, 2.75) is 20.0 Å². The lowest BCUT2D eigenvalue weighted by Crippen LogP contribution is -2.56. The number of hydrogen-bond acceptors (Lipinski definition) is 3. The van der Waals surface area contributed by atoms with Gasteiger partial charge in [0.05, 0.1) is 5.92 Å². The molecule has 1 aliphatic rings. The van der Waals surface area contributed by atoms with Crippen LogP contribution in [0.15, 0.2) is 24.3 Å². The third kappa shape index (κ3) is 3.05. The maximum Gasteiger partial charge on any atom is 0.310 e. The monoisotopic (exact) mass is 263 g/mol. The largest absolute Gasteiger partial charge is 0.481 e. The van der Waals surface area contributed by atoms with Gasteiger partial charge in [-0.25, -0.2) is 0 Å². The molecule has 19 heavy (non-hydrogen) atoms. The molecule has 0 saturated carbocycles. The lowest BCUT2D eigenvalue weighted by atomic mass is 10.00. The van der Waals surface area contributed by atoms with E-state index >= 15 is 0 Å². The number of likely N-dealkylation sites (tertiary alicyclic amines) is 1. The number of nitrogens with zero attached hydrogens (tertiary/aromatic N) is 1. The number of amides is 1. The normalized spacial score (nSPS) is 16.6. The van der Waals surface area contributed by atoms with Crippen LogP contribution in [-0.2, 0) is 9.59 Å². The lowest BCUT2D eigenvalue weighted by Gasteiger charge is -2.38. The molecule has 0 spiro atoms. The number of aryl methyl sites for hydroxylation is 1. The molecule has 0 aromatic heterocycles. The molecule has 1 amide bonds. The fourth-order valence-corrected chi connectivity index (χ4v) is 1.94. The Hall–Kier alpha value is -2.04. The summed E-state index contributed by atoms with van der Waals surface area (Å²) in [5, 5.41) is 8.76. The summed E-state index contributed by atoms with van der Waals surface area (Å²) >= 11 is 0. The fraction of sp³-hybridized carbons (Fsp3) is 0.429. The van der Waals surface area contributed by atoms with Crippen molar-refractivity contribution in [1.29, 1.82) is 0 Å². The molecule has 1 aliphatic heterocycles. The molecule has 5 nitrogen and oxygen atoms in total. The van der Waals surface area contributed by atoms with Crippen LogP contribution in [-0.4, -0.2) is 41.1 Å². The van der Waals surface area contributed by atoms with Crippen molar-refractivity contribution in [3.05, 3.63) is 29.8 Å². The zero-order valence-corrected chi connectivity index (χ0v) is 11.0. The minimum absolute atomic E-state index is 0.168. The van der Waals surface area contributed by atoms with Gasteiger partial charge in [0.1, 0.15) is 5.75 Å². The fourth-order valence-electron chi connectivity index (χ4n) is 1.94. The van der Waals surface area contributed by atoms with Crippen LogP contribution in [0.4, 0.5) is 0 Å². The molecule has 0 bridgehead atoms. The van der Waals surface area contributed by atoms with Gasteiger partial charge in [-0.3, -0.25) is 9.59 Å². The molecule has 1 atom stereocenters. The van der Waals surface area contributed by atoms with Gasteiger partial charge >= 0.3 is 5.97 Å². The maximum atomic E-state index is 12.0. The maximum absolute atomic E-state index is 12.0. The van der Waals surface area contributed by atoms with Gasteiger partial charge in [-0.1, -0.05) is 17.7 Å². The number of carbonyl (C=O) groups is 2. The molecule has 1 unspecified atom stereocenters. The van der Waals surface area contributed by atoms with Crippen LogP contribution < -0.4 is 4.74 Å². The van der Waals surface area contributed by atoms with Crippen molar-refractivity contribution in [2.75, 3.05) is 13.1 Å². The number of carboxylic acid groups (broad SMARTS) is 1. The third-order valence-corrected chi connectivity index (χ3v) is 3.22. The number of rotatable bonds is 4. The summed E-state index contributed by atoms with van der Waals surface area (Å²) in [4.78, 5) is 24.2. The van der Waals surface area contributed by atoms with Crippen LogP contribution in [0, 0.1) is 12.8 Å². The van der Waals surface area contributed by atoms with Crippen molar-refractivity contribution in [3.8, 4) is 5.75 Å². The molecule has 102 valence electrons. The van der Waals surface area contributed by atoms with Gasteiger partial charge in [0, 0.05) is 13.1 Å². The Morgan fingerprint density at radius 3 is 2.42 bits per heavy atom. The molecule has 0 aliphatic carbocycles. The van der Waals surface area contributed by atoms with Crippen LogP contribution in [0.3, 0.4) is 0 Å². The summed E-state index contributed by atoms with van der Waals surface area (Å²) in [7, 11) is 0. The first-order valence-corrected chi connectivity index (χ1v) is 6.22. The second-order valence-electron chi connectivity index (χ2n) is 4.85. The minimum atomic E-state index is -0.851. The van der Waals surface area contributed by atoms with E-state index in [-0.39, 0.29) is 19.0 Å². The number of carbonyl (C=O) groups excluding carboxylic acids is 1. The average Bonchev–Trinajstić information content (AvgIpc) is 2.29. The van der Waals surface area contributed by atoms with Crippen LogP contribution in [0.5, 0.6) is 5.75 Å². The molecular formula is C14H17NO4. The van der Waals surface area contributed by atoms with Gasteiger partial charge in [-0.2, -0.15) is 0 Å². The van der Waals surface area contributed by atoms with Crippen LogP contribution in [0.2, 0.25) is 0 Å². The number of aliphatic carboxylic acids is 1. The van der Waals surface area contributed by atoms with E-state index in [1.807, 2.05) is 31.2 Å². The molecule has 1 fully saturated rings. The second kappa shape index (κ2) is 5.30. The number of hydrogen-bond donors (Lipinski definition) is 1. The summed E-state index contributed by atoms with van der Waals surface area (Å²) in [5.74, 6) is -0.813. The summed E-state index contributed by atoms with van der Waals surface area (Å²) in [5.41, 5.74) is 1.12. The molecule has 1 aromatic carbocycles. The van der Waals surface area contributed by atoms with E-state index in [0.717, 1.165) is 5.56 Å². The van der Waals surface area contributed by atoms with Crippen molar-refractivity contribution in [1.82, 2.24) is 4.90 Å². The van der Waals surface area contributed by atoms with Gasteiger partial charge in [0.2, 0.25) is 0 Å². The Kier molecular flexibility index (Phi) is 3.74. The summed E-state index contributed by atoms with van der Waals surface area (Å²) < 4.78 is 5.55. The SMILES string of the molecule is Cc1ccc(OC(C)C(=O)N2CC(C(=O)O)C2)cc1. The van der Waals surface area contributed by atoms with E-state index in [1.54, 1.807) is 6.92 Å². The Labute approximate surface area is 111 Å². The predicted octanol–water partition coefficient (Wildman–Crippen LogP) is 1.31. The van der Waals surface area contributed by atoms with E-state index in [2.05, 4.69) is 0 Å². The second-order valence-corrected chi connectivity index (χ2v) is 4.85. The number of carboxylic acids is 1. The van der Waals surface area contributed by atoms with Gasteiger partial charge in [-0.05, 0) is 26.0 Å². The molecule has 0 radical (unpaired) electrons. The van der Waals surface area contributed by atoms with Crippen molar-refractivity contribution in [3.63, 3.8) is 0 Å². The highest BCUT2D eigenvalue weighted by molar-refractivity contribution is 5.84. The molecular weight excluding hydrogens is 246 g/mol. The van der Waals surface area contributed by atoms with Crippen molar-refractivity contribution >= 4 is 11.9 Å². The Balaban J connectivity index is 1.87. The molecule has 2 rings (SSSR count). The van der Waals surface area contributed by atoms with Crippen LogP contribution >= 0.6 is 0 Å². The Bertz CT molecular complexity index is 477. The Morgan fingerprint density at radius 1 is 1.32 bits per heavy atom. The highest BCUT2D eigenvalue weighted by Gasteiger charge is 2.37. The van der Waals surface area contributed by atoms with Gasteiger partial charge in [0.15, 0.2) is 6.10 Å². The van der Waals surface area contributed by atoms with E-state index in [1.165, 1.54) is 4.90 Å². The smallest absolute Gasteiger partial charge is 0.310 e. The van der Waals surface area contributed by atoms with E-state index in [4.69, 9.17) is 9.84 Å². The van der Waals surface area contributed by atoms with E-state index < -0.39 is 18.0 Å². The summed E-state index contributed by atoms with van der Waals surface area (Å²) in [6.07, 6.45) is -0.600. The lowest BCUT2D eigenvalue weighted by molar-refractivity contribution is -0.155. The average molecular weight is 263 g/mol. The zero-order valence-electron chi connectivity index (χ0n) is 11.0. The molecule has 1 saturated heterocycles. The number of ether oxygens (including phenoxy) is 1. The zero-order chi connectivity index (χ0) is 14.0. The summed E-state index contributed by atoms with van der Waals surface area (Å²) in [6, 6.07) is 7.46. The van der Waals surface area contributed by atoms with E-state index in [9.17, 15) is 9.59 Å². The topological polar surface area (TPSA) is 66.8 Å². The van der Waals surface area contributed by atoms with Gasteiger partial charge < -0.3 is 14.7 Å². The van der Waals surface area contributed by atoms with Gasteiger partial charge in [0.25, 0.3) is 5.91 Å². The minimum Gasteiger partial charge on any atom is -0.481 e. The molecule has 5 heteroatoms. The molecule has 1 aromatic rings. The molecule has 1 N–H and O–H groups in total. The van der Waals surface area contributed by atoms with Crippen molar-refractivity contribution in [2.24, 2.45) is 5.92 Å². The van der Waals surface area contributed by atoms with Crippen LogP contribution in [0.25, 0.3) is 0 Å². The quantitative estimate of drug-likeness (QED) is 0.889. The summed E-state index contributed by atoms with van der Waals surface area (Å²) in [6.45, 7) is 4.20. The van der Waals surface area contributed by atoms with Crippen LogP contribution in [0.1, 0.15) is 12.5 Å². The third-order valence-electron chi connectivity index (χ3n) is 3.22. The highest BCUT2D eigenvalue weighted by atomic mass is 16.5. The predicted molar refractivity (Wildman–Crippen MR) is 69.0 cm³/mol. The first-order valence-electron chi connectivity index (χ1n) is 6.22.